The molecule has 132 valence electrons. The summed E-state index contributed by atoms with van der Waals surface area (Å²) in [6.45, 7) is 3.33. The predicted molar refractivity (Wildman–Crippen MR) is 91.8 cm³/mol. The van der Waals surface area contributed by atoms with Crippen LogP contribution in [0.4, 0.5) is 5.69 Å². The fourth-order valence-corrected chi connectivity index (χ4v) is 3.02. The zero-order valence-corrected chi connectivity index (χ0v) is 14.1. The second-order valence-corrected chi connectivity index (χ2v) is 6.15. The topological polar surface area (TPSA) is 93.5 Å². The Balaban J connectivity index is 1.69. The van der Waals surface area contributed by atoms with Crippen LogP contribution in [0, 0.1) is 6.92 Å². The molecule has 0 unspecified atom stereocenters. The van der Waals surface area contributed by atoms with Crippen LogP contribution in [0.3, 0.4) is 0 Å². The summed E-state index contributed by atoms with van der Waals surface area (Å²) in [6, 6.07) is 7.07. The number of nitrogens with zero attached hydrogens (tertiary/aromatic N) is 2. The van der Waals surface area contributed by atoms with Crippen molar-refractivity contribution in [1.82, 2.24) is 9.78 Å². The van der Waals surface area contributed by atoms with E-state index in [-0.39, 0.29) is 18.4 Å². The molecule has 2 heterocycles. The monoisotopic (exact) mass is 343 g/mol. The number of aliphatic carboxylic acids is 1. The highest BCUT2D eigenvalue weighted by molar-refractivity contribution is 6.04. The number of ether oxygens (including phenoxy) is 1. The van der Waals surface area contributed by atoms with Crippen LogP contribution >= 0.6 is 0 Å². The molecule has 1 aromatic carbocycles. The molecule has 1 aliphatic rings. The van der Waals surface area contributed by atoms with Crippen molar-refractivity contribution in [1.29, 1.82) is 0 Å². The van der Waals surface area contributed by atoms with E-state index in [4.69, 9.17) is 9.84 Å². The van der Waals surface area contributed by atoms with Gasteiger partial charge in [-0.15, -0.1) is 0 Å². The van der Waals surface area contributed by atoms with E-state index >= 15 is 0 Å². The number of amides is 1. The summed E-state index contributed by atoms with van der Waals surface area (Å²) >= 11 is 0. The van der Waals surface area contributed by atoms with Crippen molar-refractivity contribution >= 4 is 17.6 Å². The third kappa shape index (κ3) is 4.06. The molecule has 0 atom stereocenters. The highest BCUT2D eigenvalue weighted by Gasteiger charge is 2.21. The maximum absolute atomic E-state index is 12.5. The summed E-state index contributed by atoms with van der Waals surface area (Å²) in [6.07, 6.45) is 3.35. The second-order valence-electron chi connectivity index (χ2n) is 6.15. The number of hydrogen-bond acceptors (Lipinski definition) is 4. The maximum Gasteiger partial charge on any atom is 0.307 e. The Labute approximate surface area is 145 Å². The SMILES string of the molecule is Cc1c(C(=O)Nc2ccc(CC(=O)O)cc2)cnn1C1CCOCC1. The molecule has 0 radical (unpaired) electrons. The second kappa shape index (κ2) is 7.48. The van der Waals surface area contributed by atoms with Gasteiger partial charge in [0.1, 0.15) is 0 Å². The quantitative estimate of drug-likeness (QED) is 0.869. The van der Waals surface area contributed by atoms with E-state index < -0.39 is 5.97 Å². The number of rotatable bonds is 5. The number of carbonyl (C=O) groups is 2. The van der Waals surface area contributed by atoms with Gasteiger partial charge in [0.15, 0.2) is 0 Å². The van der Waals surface area contributed by atoms with Gasteiger partial charge in [-0.1, -0.05) is 12.1 Å². The van der Waals surface area contributed by atoms with E-state index in [0.29, 0.717) is 30.0 Å². The molecular formula is C18H21N3O4. The molecule has 1 aromatic heterocycles. The highest BCUT2D eigenvalue weighted by atomic mass is 16.5. The first-order valence-corrected chi connectivity index (χ1v) is 8.28. The number of benzene rings is 1. The lowest BCUT2D eigenvalue weighted by Gasteiger charge is -2.23. The molecule has 0 bridgehead atoms. The van der Waals surface area contributed by atoms with Crippen molar-refractivity contribution in [2.24, 2.45) is 0 Å². The number of carboxylic acids is 1. The van der Waals surface area contributed by atoms with Crippen molar-refractivity contribution < 1.29 is 19.4 Å². The third-order valence-corrected chi connectivity index (χ3v) is 4.39. The van der Waals surface area contributed by atoms with Gasteiger partial charge in [0.25, 0.3) is 5.91 Å². The standard InChI is InChI=1S/C18H21N3O4/c1-12-16(11-19-21(12)15-6-8-25-9-7-15)18(24)20-14-4-2-13(3-5-14)10-17(22)23/h2-5,11,15H,6-10H2,1H3,(H,20,24)(H,22,23). The van der Waals surface area contributed by atoms with Crippen molar-refractivity contribution in [2.45, 2.75) is 32.2 Å². The molecule has 2 N–H and O–H groups in total. The molecule has 1 saturated heterocycles. The maximum atomic E-state index is 12.5. The first kappa shape index (κ1) is 17.2. The molecule has 0 aliphatic carbocycles. The number of hydrogen-bond donors (Lipinski definition) is 2. The van der Waals surface area contributed by atoms with E-state index in [1.807, 2.05) is 11.6 Å². The van der Waals surface area contributed by atoms with Gasteiger partial charge in [0.05, 0.1) is 24.2 Å². The van der Waals surface area contributed by atoms with Crippen LogP contribution < -0.4 is 5.32 Å². The van der Waals surface area contributed by atoms with Crippen LogP contribution in [0.5, 0.6) is 0 Å². The fourth-order valence-electron chi connectivity index (χ4n) is 3.02. The molecule has 2 aromatic rings. The van der Waals surface area contributed by atoms with Gasteiger partial charge < -0.3 is 15.2 Å². The van der Waals surface area contributed by atoms with Crippen LogP contribution in [-0.2, 0) is 16.0 Å². The van der Waals surface area contributed by atoms with Gasteiger partial charge in [-0.2, -0.15) is 5.10 Å². The minimum absolute atomic E-state index is 0.0365. The van der Waals surface area contributed by atoms with Crippen molar-refractivity contribution in [3.8, 4) is 0 Å². The lowest BCUT2D eigenvalue weighted by molar-refractivity contribution is -0.136. The predicted octanol–water partition coefficient (Wildman–Crippen LogP) is 2.42. The van der Waals surface area contributed by atoms with Gasteiger partial charge in [0.2, 0.25) is 0 Å². The number of anilines is 1. The van der Waals surface area contributed by atoms with Gasteiger partial charge in [-0.3, -0.25) is 14.3 Å². The van der Waals surface area contributed by atoms with Gasteiger partial charge >= 0.3 is 5.97 Å². The van der Waals surface area contributed by atoms with Crippen molar-refractivity contribution in [3.05, 3.63) is 47.3 Å². The number of carbonyl (C=O) groups excluding carboxylic acids is 1. The summed E-state index contributed by atoms with van der Waals surface area (Å²) in [5.41, 5.74) is 2.69. The van der Waals surface area contributed by atoms with Crippen LogP contribution in [0.1, 0.15) is 40.5 Å². The van der Waals surface area contributed by atoms with E-state index in [0.717, 1.165) is 18.5 Å². The van der Waals surface area contributed by atoms with Gasteiger partial charge in [-0.05, 0) is 37.5 Å². The Morgan fingerprint density at radius 2 is 1.96 bits per heavy atom. The molecular weight excluding hydrogens is 322 g/mol. The number of carboxylic acid groups (broad SMARTS) is 1. The highest BCUT2D eigenvalue weighted by Crippen LogP contribution is 2.23. The molecule has 3 rings (SSSR count). The Hall–Kier alpha value is -2.67. The Bertz CT molecular complexity index is 761. The van der Waals surface area contributed by atoms with Gasteiger partial charge in [0, 0.05) is 24.6 Å². The summed E-state index contributed by atoms with van der Waals surface area (Å²) < 4.78 is 7.28. The minimum Gasteiger partial charge on any atom is -0.481 e. The molecule has 0 spiro atoms. The molecule has 1 fully saturated rings. The molecule has 7 heteroatoms. The average Bonchev–Trinajstić information content (AvgIpc) is 2.98. The van der Waals surface area contributed by atoms with E-state index in [1.165, 1.54) is 0 Å². The normalized spacial score (nSPS) is 15.1. The summed E-state index contributed by atoms with van der Waals surface area (Å²) in [5.74, 6) is -1.10. The zero-order valence-electron chi connectivity index (χ0n) is 14.1. The van der Waals surface area contributed by atoms with Crippen LogP contribution in [-0.4, -0.2) is 40.0 Å². The Kier molecular flexibility index (Phi) is 5.14. The Morgan fingerprint density at radius 1 is 1.28 bits per heavy atom. The van der Waals surface area contributed by atoms with Crippen LogP contribution in [0.2, 0.25) is 0 Å². The third-order valence-electron chi connectivity index (χ3n) is 4.39. The first-order chi connectivity index (χ1) is 12.0. The first-order valence-electron chi connectivity index (χ1n) is 8.28. The lowest BCUT2D eigenvalue weighted by atomic mass is 10.1. The van der Waals surface area contributed by atoms with Crippen molar-refractivity contribution in [3.63, 3.8) is 0 Å². The summed E-state index contributed by atoms with van der Waals surface area (Å²) in [7, 11) is 0. The van der Waals surface area contributed by atoms with E-state index in [2.05, 4.69) is 10.4 Å². The van der Waals surface area contributed by atoms with Gasteiger partial charge in [-0.25, -0.2) is 0 Å². The molecule has 7 nitrogen and oxygen atoms in total. The fraction of sp³-hybridized carbons (Fsp3) is 0.389. The summed E-state index contributed by atoms with van der Waals surface area (Å²) in [5, 5.41) is 16.0. The smallest absolute Gasteiger partial charge is 0.307 e. The van der Waals surface area contributed by atoms with E-state index in [1.54, 1.807) is 30.5 Å². The molecule has 0 saturated carbocycles. The van der Waals surface area contributed by atoms with Crippen molar-refractivity contribution in [2.75, 3.05) is 18.5 Å². The van der Waals surface area contributed by atoms with Crippen LogP contribution in [0.25, 0.3) is 0 Å². The number of nitrogens with one attached hydrogen (secondary N) is 1. The minimum atomic E-state index is -0.882. The zero-order chi connectivity index (χ0) is 17.8. The van der Waals surface area contributed by atoms with Crippen LogP contribution in [0.15, 0.2) is 30.5 Å². The summed E-state index contributed by atoms with van der Waals surface area (Å²) in [4.78, 5) is 23.2. The molecule has 25 heavy (non-hydrogen) atoms. The molecule has 1 amide bonds. The number of aromatic nitrogens is 2. The van der Waals surface area contributed by atoms with E-state index in [9.17, 15) is 9.59 Å². The average molecular weight is 343 g/mol. The molecule has 1 aliphatic heterocycles. The largest absolute Gasteiger partial charge is 0.481 e. The Morgan fingerprint density at radius 3 is 2.60 bits per heavy atom. The lowest BCUT2D eigenvalue weighted by Crippen LogP contribution is -2.22.